The van der Waals surface area contributed by atoms with Crippen molar-refractivity contribution in [1.82, 2.24) is 14.8 Å². The van der Waals surface area contributed by atoms with Gasteiger partial charge in [-0.1, -0.05) is 31.5 Å². The quantitative estimate of drug-likeness (QED) is 0.630. The van der Waals surface area contributed by atoms with Crippen LogP contribution >= 0.6 is 0 Å². The number of rotatable bonds is 7. The first-order valence-corrected chi connectivity index (χ1v) is 9.25. The van der Waals surface area contributed by atoms with Crippen LogP contribution in [0.15, 0.2) is 67.3 Å². The molecule has 4 rings (SSSR count). The molecule has 2 atom stereocenters. The third-order valence-corrected chi connectivity index (χ3v) is 4.58. The second kappa shape index (κ2) is 7.90. The number of aromatic nitrogens is 3. The summed E-state index contributed by atoms with van der Waals surface area (Å²) in [5.41, 5.74) is 0.942. The lowest BCUT2D eigenvalue weighted by Crippen LogP contribution is -2.33. The molecule has 6 heteroatoms. The van der Waals surface area contributed by atoms with Gasteiger partial charge in [0.15, 0.2) is 0 Å². The maximum Gasteiger partial charge on any atom is 0.215 e. The molecule has 1 fully saturated rings. The van der Waals surface area contributed by atoms with E-state index in [1.807, 2.05) is 54.6 Å². The van der Waals surface area contributed by atoms with E-state index in [1.54, 1.807) is 11.0 Å². The molecule has 27 heavy (non-hydrogen) atoms. The van der Waals surface area contributed by atoms with Crippen LogP contribution in [0.1, 0.15) is 25.3 Å². The molecule has 0 bridgehead atoms. The molecule has 3 aromatic rings. The van der Waals surface area contributed by atoms with Gasteiger partial charge in [-0.15, -0.1) is 0 Å². The van der Waals surface area contributed by atoms with E-state index in [0.29, 0.717) is 13.2 Å². The summed E-state index contributed by atoms with van der Waals surface area (Å²) < 4.78 is 20.2. The highest BCUT2D eigenvalue weighted by molar-refractivity contribution is 5.34. The highest BCUT2D eigenvalue weighted by atomic mass is 16.7. The summed E-state index contributed by atoms with van der Waals surface area (Å²) in [5, 5.41) is 4.22. The SMILES string of the molecule is CCCC1COC(Cn2cncn2)(c2ccc(Oc3ccccc3)cc2)O1. The van der Waals surface area contributed by atoms with E-state index < -0.39 is 5.79 Å². The van der Waals surface area contributed by atoms with Crippen molar-refractivity contribution in [2.45, 2.75) is 38.2 Å². The molecule has 6 nitrogen and oxygen atoms in total. The fourth-order valence-corrected chi connectivity index (χ4v) is 3.28. The minimum atomic E-state index is -0.862. The molecule has 1 aliphatic rings. The highest BCUT2D eigenvalue weighted by Gasteiger charge is 2.43. The van der Waals surface area contributed by atoms with Gasteiger partial charge in [0, 0.05) is 5.56 Å². The maximum absolute atomic E-state index is 6.36. The Morgan fingerprint density at radius 3 is 2.59 bits per heavy atom. The van der Waals surface area contributed by atoms with Gasteiger partial charge in [-0.3, -0.25) is 0 Å². The molecule has 2 unspecified atom stereocenters. The molecule has 2 aromatic carbocycles. The molecule has 0 radical (unpaired) electrons. The molecule has 1 aliphatic heterocycles. The van der Waals surface area contributed by atoms with Gasteiger partial charge in [0.2, 0.25) is 5.79 Å². The molecule has 2 heterocycles. The summed E-state index contributed by atoms with van der Waals surface area (Å²) in [6.07, 6.45) is 5.29. The van der Waals surface area contributed by atoms with Crippen LogP contribution in [-0.4, -0.2) is 27.5 Å². The van der Waals surface area contributed by atoms with Crippen molar-refractivity contribution in [3.05, 3.63) is 72.8 Å². The Hall–Kier alpha value is -2.70. The Morgan fingerprint density at radius 2 is 1.89 bits per heavy atom. The van der Waals surface area contributed by atoms with Crippen LogP contribution in [-0.2, 0) is 21.8 Å². The average molecular weight is 365 g/mol. The molecule has 1 saturated heterocycles. The van der Waals surface area contributed by atoms with Crippen LogP contribution in [0.2, 0.25) is 0 Å². The normalized spacial score (nSPS) is 22.0. The number of nitrogens with zero attached hydrogens (tertiary/aromatic N) is 3. The van der Waals surface area contributed by atoms with Crippen molar-refractivity contribution < 1.29 is 14.2 Å². The second-order valence-electron chi connectivity index (χ2n) is 6.63. The van der Waals surface area contributed by atoms with Crippen molar-refractivity contribution >= 4 is 0 Å². The van der Waals surface area contributed by atoms with Crippen LogP contribution in [0.4, 0.5) is 0 Å². The summed E-state index contributed by atoms with van der Waals surface area (Å²) in [6, 6.07) is 17.6. The lowest BCUT2D eigenvalue weighted by Gasteiger charge is -2.28. The summed E-state index contributed by atoms with van der Waals surface area (Å²) >= 11 is 0. The molecule has 1 aromatic heterocycles. The predicted molar refractivity (Wildman–Crippen MR) is 100 cm³/mol. The third kappa shape index (κ3) is 4.02. The third-order valence-electron chi connectivity index (χ3n) is 4.58. The standard InChI is InChI=1S/C21H23N3O3/c1-2-6-20-13-25-21(27-20,14-24-16-22-15-23-24)17-9-11-19(12-10-17)26-18-7-4-3-5-8-18/h3-5,7-12,15-16,20H,2,6,13-14H2,1H3. The van der Waals surface area contributed by atoms with Crippen molar-refractivity contribution in [3.8, 4) is 11.5 Å². The first-order valence-electron chi connectivity index (χ1n) is 9.25. The second-order valence-corrected chi connectivity index (χ2v) is 6.63. The lowest BCUT2D eigenvalue weighted by molar-refractivity contribution is -0.189. The monoisotopic (exact) mass is 365 g/mol. The molecular weight excluding hydrogens is 342 g/mol. The molecule has 0 saturated carbocycles. The molecular formula is C21H23N3O3. The van der Waals surface area contributed by atoms with Crippen molar-refractivity contribution in [3.63, 3.8) is 0 Å². The number of hydrogen-bond donors (Lipinski definition) is 0. The van der Waals surface area contributed by atoms with Crippen LogP contribution in [0.3, 0.4) is 0 Å². The first kappa shape index (κ1) is 17.7. The van der Waals surface area contributed by atoms with Gasteiger partial charge in [-0.05, 0) is 42.8 Å². The van der Waals surface area contributed by atoms with Crippen LogP contribution < -0.4 is 4.74 Å². The minimum absolute atomic E-state index is 0.0822. The Bertz CT molecular complexity index is 837. The van der Waals surface area contributed by atoms with Gasteiger partial charge in [-0.2, -0.15) is 5.10 Å². The summed E-state index contributed by atoms with van der Waals surface area (Å²) in [7, 11) is 0. The maximum atomic E-state index is 6.36. The summed E-state index contributed by atoms with van der Waals surface area (Å²) in [4.78, 5) is 4.03. The topological polar surface area (TPSA) is 58.4 Å². The van der Waals surface area contributed by atoms with E-state index in [-0.39, 0.29) is 6.10 Å². The van der Waals surface area contributed by atoms with Crippen molar-refractivity contribution in [1.29, 1.82) is 0 Å². The Labute approximate surface area is 158 Å². The van der Waals surface area contributed by atoms with E-state index in [9.17, 15) is 0 Å². The zero-order chi connectivity index (χ0) is 18.5. The van der Waals surface area contributed by atoms with Crippen molar-refractivity contribution in [2.24, 2.45) is 0 Å². The van der Waals surface area contributed by atoms with Gasteiger partial charge < -0.3 is 14.2 Å². The van der Waals surface area contributed by atoms with E-state index in [4.69, 9.17) is 14.2 Å². The predicted octanol–water partition coefficient (Wildman–Crippen LogP) is 4.14. The lowest BCUT2D eigenvalue weighted by atomic mass is 10.1. The molecule has 0 amide bonds. The highest BCUT2D eigenvalue weighted by Crippen LogP contribution is 2.38. The number of para-hydroxylation sites is 1. The van der Waals surface area contributed by atoms with Gasteiger partial charge >= 0.3 is 0 Å². The van der Waals surface area contributed by atoms with Gasteiger partial charge in [0.25, 0.3) is 0 Å². The van der Waals surface area contributed by atoms with E-state index >= 15 is 0 Å². The van der Waals surface area contributed by atoms with E-state index in [0.717, 1.165) is 29.9 Å². The summed E-state index contributed by atoms with van der Waals surface area (Å²) in [6.45, 7) is 3.17. The average Bonchev–Trinajstić information content (AvgIpc) is 3.35. The van der Waals surface area contributed by atoms with Gasteiger partial charge in [0.05, 0.1) is 12.7 Å². The van der Waals surface area contributed by atoms with E-state index in [2.05, 4.69) is 17.0 Å². The van der Waals surface area contributed by atoms with Crippen LogP contribution in [0, 0.1) is 0 Å². The number of hydrogen-bond acceptors (Lipinski definition) is 5. The molecule has 0 N–H and O–H groups in total. The minimum Gasteiger partial charge on any atom is -0.457 e. The Balaban J connectivity index is 1.56. The smallest absolute Gasteiger partial charge is 0.215 e. The fraction of sp³-hybridized carbons (Fsp3) is 0.333. The zero-order valence-corrected chi connectivity index (χ0v) is 15.3. The summed E-state index contributed by atoms with van der Waals surface area (Å²) in [5.74, 6) is 0.710. The Kier molecular flexibility index (Phi) is 5.18. The zero-order valence-electron chi connectivity index (χ0n) is 15.3. The van der Waals surface area contributed by atoms with Crippen molar-refractivity contribution in [2.75, 3.05) is 6.61 Å². The Morgan fingerprint density at radius 1 is 1.11 bits per heavy atom. The van der Waals surface area contributed by atoms with Crippen LogP contribution in [0.5, 0.6) is 11.5 Å². The largest absolute Gasteiger partial charge is 0.457 e. The van der Waals surface area contributed by atoms with Gasteiger partial charge in [-0.25, -0.2) is 9.67 Å². The molecule has 140 valence electrons. The molecule has 0 aliphatic carbocycles. The number of ether oxygens (including phenoxy) is 3. The first-order chi connectivity index (χ1) is 13.3. The fourth-order valence-electron chi connectivity index (χ4n) is 3.28. The van der Waals surface area contributed by atoms with Crippen LogP contribution in [0.25, 0.3) is 0 Å². The number of benzene rings is 2. The van der Waals surface area contributed by atoms with E-state index in [1.165, 1.54) is 6.33 Å². The molecule has 0 spiro atoms. The van der Waals surface area contributed by atoms with Gasteiger partial charge in [0.1, 0.15) is 30.7 Å².